The van der Waals surface area contributed by atoms with Crippen LogP contribution in [0.4, 0.5) is 0 Å². The topological polar surface area (TPSA) is 48.5 Å². The van der Waals surface area contributed by atoms with Crippen LogP contribution < -0.4 is 20.9 Å². The number of para-hydroxylation sites is 4. The average molecular weight is 746 g/mol. The van der Waals surface area contributed by atoms with Crippen LogP contribution in [0.25, 0.3) is 66.6 Å². The maximum Gasteiger partial charge on any atom is 0.237 e. The zero-order valence-corrected chi connectivity index (χ0v) is 31.9. The molecule has 0 unspecified atom stereocenters. The molecule has 11 rings (SSSR count). The molecule has 5 nitrogen and oxygen atoms in total. The fraction of sp³-hybridized carbons (Fsp3) is 0. The first-order valence-electron chi connectivity index (χ1n) is 19.3. The fourth-order valence-electron chi connectivity index (χ4n) is 8.89. The van der Waals surface area contributed by atoms with E-state index in [1.54, 1.807) is 0 Å². The largest absolute Gasteiger partial charge is 0.294 e. The van der Waals surface area contributed by atoms with Crippen LogP contribution in [0.2, 0.25) is 0 Å². The van der Waals surface area contributed by atoms with Crippen molar-refractivity contribution in [3.8, 4) is 23.0 Å². The van der Waals surface area contributed by atoms with E-state index < -0.39 is 8.07 Å². The zero-order chi connectivity index (χ0) is 37.8. The maximum atomic E-state index is 5.48. The predicted molar refractivity (Wildman–Crippen MR) is 238 cm³/mol. The van der Waals surface area contributed by atoms with E-state index in [1.165, 1.54) is 26.3 Å². The SMILES string of the molecule is c1ccc([Si](c2ccccc2)(c2ccccc2)c2cc(-c3cc(-n4c5ccccc5c5ccccc54)nc(-n4c5ccccc5c5ccccc54)n3)ccn2)cc1. The second-order valence-electron chi connectivity index (χ2n) is 14.4. The van der Waals surface area contributed by atoms with Gasteiger partial charge in [-0.1, -0.05) is 164 Å². The van der Waals surface area contributed by atoms with Crippen molar-refractivity contribution in [1.29, 1.82) is 0 Å². The van der Waals surface area contributed by atoms with Crippen LogP contribution in [0.5, 0.6) is 0 Å². The molecule has 0 aliphatic heterocycles. The summed E-state index contributed by atoms with van der Waals surface area (Å²) in [6.45, 7) is 0. The standard InChI is InChI=1S/C51H35N5Si/c1-4-18-37(19-5-1)57(38-20-6-2-7-21-38,39-22-8-3-9-23-39)50-34-36(32-33-52-50)44-35-49(55-45-28-14-10-24-40(45)41-25-11-15-29-46(41)55)54-51(53-44)56-47-30-16-12-26-42(47)43-27-13-17-31-48(43)56/h1-35H. The van der Waals surface area contributed by atoms with Gasteiger partial charge < -0.3 is 0 Å². The summed E-state index contributed by atoms with van der Waals surface area (Å²) in [6.07, 6.45) is 1.96. The Bertz CT molecular complexity index is 2910. The van der Waals surface area contributed by atoms with Crippen LogP contribution in [0.3, 0.4) is 0 Å². The normalized spacial score (nSPS) is 11.9. The molecule has 0 N–H and O–H groups in total. The molecule has 4 heterocycles. The second kappa shape index (κ2) is 13.4. The van der Waals surface area contributed by atoms with E-state index in [-0.39, 0.29) is 0 Å². The molecule has 0 aliphatic rings. The number of aromatic nitrogens is 5. The highest BCUT2D eigenvalue weighted by atomic mass is 28.3. The highest BCUT2D eigenvalue weighted by molar-refractivity contribution is 7.19. The van der Waals surface area contributed by atoms with Crippen molar-refractivity contribution < 1.29 is 0 Å². The third kappa shape index (κ3) is 5.19. The van der Waals surface area contributed by atoms with Crippen LogP contribution in [0.1, 0.15) is 0 Å². The quantitative estimate of drug-likeness (QED) is 0.121. The molecule has 0 saturated heterocycles. The molecule has 6 heteroatoms. The zero-order valence-electron chi connectivity index (χ0n) is 30.9. The van der Waals surface area contributed by atoms with E-state index in [0.717, 1.165) is 55.2 Å². The monoisotopic (exact) mass is 745 g/mol. The maximum absolute atomic E-state index is 5.48. The van der Waals surface area contributed by atoms with Crippen LogP contribution in [-0.2, 0) is 0 Å². The number of pyridine rings is 1. The van der Waals surface area contributed by atoms with Gasteiger partial charge in [0.05, 0.1) is 27.8 Å². The summed E-state index contributed by atoms with van der Waals surface area (Å²) in [4.78, 5) is 16.2. The number of hydrogen-bond donors (Lipinski definition) is 0. The number of rotatable bonds is 7. The molecular weight excluding hydrogens is 711 g/mol. The Labute approximate surface area is 330 Å². The van der Waals surface area contributed by atoms with Crippen LogP contribution >= 0.6 is 0 Å². The van der Waals surface area contributed by atoms with E-state index in [2.05, 4.69) is 215 Å². The van der Waals surface area contributed by atoms with Gasteiger partial charge in [0.1, 0.15) is 5.82 Å². The summed E-state index contributed by atoms with van der Waals surface area (Å²) < 4.78 is 4.50. The van der Waals surface area contributed by atoms with Gasteiger partial charge in [0, 0.05) is 44.7 Å². The second-order valence-corrected chi connectivity index (χ2v) is 18.2. The number of nitrogens with zero attached hydrogens (tertiary/aromatic N) is 5. The summed E-state index contributed by atoms with van der Waals surface area (Å²) >= 11 is 0. The fourth-order valence-corrected chi connectivity index (χ4v) is 13.5. The van der Waals surface area contributed by atoms with E-state index in [4.69, 9.17) is 15.0 Å². The minimum absolute atomic E-state index is 0.609. The summed E-state index contributed by atoms with van der Waals surface area (Å²) in [5.41, 5.74) is 6.10. The molecule has 7 aromatic carbocycles. The van der Waals surface area contributed by atoms with Crippen LogP contribution in [-0.4, -0.2) is 32.2 Å². The van der Waals surface area contributed by atoms with E-state index >= 15 is 0 Å². The van der Waals surface area contributed by atoms with Gasteiger partial charge in [-0.05, 0) is 52.0 Å². The lowest BCUT2D eigenvalue weighted by atomic mass is 10.2. The number of hydrogen-bond acceptors (Lipinski definition) is 3. The third-order valence-electron chi connectivity index (χ3n) is 11.4. The average Bonchev–Trinajstić information content (AvgIpc) is 3.81. The van der Waals surface area contributed by atoms with Crippen LogP contribution in [0.15, 0.2) is 212 Å². The van der Waals surface area contributed by atoms with Gasteiger partial charge in [-0.3, -0.25) is 14.1 Å². The Morgan fingerprint density at radius 1 is 0.368 bits per heavy atom. The summed E-state index contributed by atoms with van der Waals surface area (Å²) in [6, 6.07) is 73.5. The molecule has 0 atom stereocenters. The molecule has 4 aromatic heterocycles. The first-order chi connectivity index (χ1) is 28.3. The Kier molecular flexibility index (Phi) is 7.76. The number of fused-ring (bicyclic) bond motifs is 6. The molecule has 268 valence electrons. The van der Waals surface area contributed by atoms with E-state index in [0.29, 0.717) is 5.95 Å². The lowest BCUT2D eigenvalue weighted by Gasteiger charge is -2.33. The van der Waals surface area contributed by atoms with Gasteiger partial charge in [0.25, 0.3) is 0 Å². The molecule has 57 heavy (non-hydrogen) atoms. The van der Waals surface area contributed by atoms with Crippen molar-refractivity contribution in [2.24, 2.45) is 0 Å². The van der Waals surface area contributed by atoms with Gasteiger partial charge in [-0.15, -0.1) is 0 Å². The Balaban J connectivity index is 1.22. The van der Waals surface area contributed by atoms with Gasteiger partial charge in [0.15, 0.2) is 0 Å². The van der Waals surface area contributed by atoms with Gasteiger partial charge in [-0.25, -0.2) is 4.98 Å². The molecule has 0 aliphatic carbocycles. The first-order valence-corrected chi connectivity index (χ1v) is 21.3. The highest BCUT2D eigenvalue weighted by Crippen LogP contribution is 2.35. The molecule has 0 bridgehead atoms. The van der Waals surface area contributed by atoms with Crippen molar-refractivity contribution >= 4 is 72.6 Å². The van der Waals surface area contributed by atoms with Crippen LogP contribution in [0, 0.1) is 0 Å². The molecular formula is C51H35N5Si. The molecule has 0 radical (unpaired) electrons. The van der Waals surface area contributed by atoms with E-state index in [1.807, 2.05) is 6.20 Å². The Morgan fingerprint density at radius 3 is 1.23 bits per heavy atom. The minimum Gasteiger partial charge on any atom is -0.294 e. The van der Waals surface area contributed by atoms with Crippen molar-refractivity contribution in [2.75, 3.05) is 0 Å². The lowest BCUT2D eigenvalue weighted by Crippen LogP contribution is -2.75. The summed E-state index contributed by atoms with van der Waals surface area (Å²) in [5, 5.41) is 9.54. The van der Waals surface area contributed by atoms with Gasteiger partial charge in [-0.2, -0.15) is 4.98 Å². The predicted octanol–water partition coefficient (Wildman–Crippen LogP) is 9.11. The third-order valence-corrected chi connectivity index (χ3v) is 16.0. The Hall–Kier alpha value is -7.41. The number of benzene rings is 7. The van der Waals surface area contributed by atoms with Crippen molar-refractivity contribution in [1.82, 2.24) is 24.1 Å². The summed E-state index contributed by atoms with van der Waals surface area (Å²) in [7, 11) is -2.91. The molecule has 0 spiro atoms. The Morgan fingerprint density at radius 2 is 0.772 bits per heavy atom. The smallest absolute Gasteiger partial charge is 0.237 e. The van der Waals surface area contributed by atoms with Crippen molar-refractivity contribution in [3.05, 3.63) is 212 Å². The van der Waals surface area contributed by atoms with Crippen molar-refractivity contribution in [3.63, 3.8) is 0 Å². The first kappa shape index (κ1) is 33.0. The molecule has 0 saturated carbocycles. The van der Waals surface area contributed by atoms with Crippen molar-refractivity contribution in [2.45, 2.75) is 0 Å². The van der Waals surface area contributed by atoms with Gasteiger partial charge in [0.2, 0.25) is 14.0 Å². The lowest BCUT2D eigenvalue weighted by molar-refractivity contribution is 0.952. The molecule has 11 aromatic rings. The molecule has 0 fully saturated rings. The molecule has 0 amide bonds. The summed E-state index contributed by atoms with van der Waals surface area (Å²) in [5.74, 6) is 1.41. The van der Waals surface area contributed by atoms with E-state index in [9.17, 15) is 0 Å². The van der Waals surface area contributed by atoms with Gasteiger partial charge >= 0.3 is 0 Å². The minimum atomic E-state index is -2.91. The highest BCUT2D eigenvalue weighted by Gasteiger charge is 2.43.